The van der Waals surface area contributed by atoms with Crippen LogP contribution in [0.15, 0.2) is 39.6 Å². The second-order valence-electron chi connectivity index (χ2n) is 4.42. The zero-order valence-electron chi connectivity index (χ0n) is 10.4. The molecule has 0 bridgehead atoms. The number of nitrogens with one attached hydrogen (secondary N) is 1. The topological polar surface area (TPSA) is 24.9 Å². The molecule has 0 saturated heterocycles. The molecule has 1 N–H and O–H groups in total. The molecule has 0 fully saturated rings. The number of hydrogen-bond acceptors (Lipinski definition) is 3. The maximum absolute atomic E-state index is 4.28. The molecule has 0 aliphatic rings. The molecule has 0 saturated carbocycles. The van der Waals surface area contributed by atoms with Crippen LogP contribution >= 0.6 is 27.3 Å². The van der Waals surface area contributed by atoms with Gasteiger partial charge in [0.2, 0.25) is 0 Å². The van der Waals surface area contributed by atoms with E-state index in [1.807, 2.05) is 5.51 Å². The van der Waals surface area contributed by atoms with Crippen molar-refractivity contribution < 1.29 is 0 Å². The van der Waals surface area contributed by atoms with Crippen molar-refractivity contribution in [3.8, 4) is 0 Å². The molecule has 4 heteroatoms. The van der Waals surface area contributed by atoms with Crippen molar-refractivity contribution in [2.24, 2.45) is 0 Å². The number of thiazole rings is 1. The molecule has 0 spiro atoms. The Balaban J connectivity index is 1.71. The van der Waals surface area contributed by atoms with Crippen LogP contribution in [-0.2, 0) is 12.8 Å². The van der Waals surface area contributed by atoms with E-state index in [0.717, 1.165) is 23.9 Å². The lowest BCUT2D eigenvalue weighted by atomic mass is 10.1. The summed E-state index contributed by atoms with van der Waals surface area (Å²) < 4.78 is 1.13. The molecule has 1 atom stereocenters. The first kappa shape index (κ1) is 13.7. The monoisotopic (exact) mass is 324 g/mol. The Morgan fingerprint density at radius 2 is 2.11 bits per heavy atom. The van der Waals surface area contributed by atoms with E-state index in [2.05, 4.69) is 62.8 Å². The highest BCUT2D eigenvalue weighted by Crippen LogP contribution is 2.11. The third-order valence-electron chi connectivity index (χ3n) is 2.81. The normalized spacial score (nSPS) is 12.6. The maximum atomic E-state index is 4.28. The smallest absolute Gasteiger partial charge is 0.0794 e. The summed E-state index contributed by atoms with van der Waals surface area (Å²) in [6.07, 6.45) is 2.07. The van der Waals surface area contributed by atoms with Crippen molar-refractivity contribution >= 4 is 27.3 Å². The van der Waals surface area contributed by atoms with E-state index in [4.69, 9.17) is 0 Å². The van der Waals surface area contributed by atoms with Gasteiger partial charge < -0.3 is 5.32 Å². The van der Waals surface area contributed by atoms with Crippen LogP contribution in [0, 0.1) is 0 Å². The Labute approximate surface area is 121 Å². The molecule has 2 aromatic rings. The fraction of sp³-hybridized carbons (Fsp3) is 0.357. The average Bonchev–Trinajstić information content (AvgIpc) is 2.85. The molecule has 0 amide bonds. The van der Waals surface area contributed by atoms with Crippen molar-refractivity contribution in [1.29, 1.82) is 0 Å². The van der Waals surface area contributed by atoms with Gasteiger partial charge in [-0.15, -0.1) is 11.3 Å². The molecule has 2 rings (SSSR count). The van der Waals surface area contributed by atoms with Gasteiger partial charge in [0.1, 0.15) is 0 Å². The molecule has 18 heavy (non-hydrogen) atoms. The number of halogens is 1. The van der Waals surface area contributed by atoms with E-state index in [9.17, 15) is 0 Å². The summed E-state index contributed by atoms with van der Waals surface area (Å²) >= 11 is 5.11. The third-order valence-corrected chi connectivity index (χ3v) is 3.98. The highest BCUT2D eigenvalue weighted by molar-refractivity contribution is 9.10. The van der Waals surface area contributed by atoms with Gasteiger partial charge in [-0.25, -0.2) is 4.98 Å². The van der Waals surface area contributed by atoms with E-state index < -0.39 is 0 Å². The maximum Gasteiger partial charge on any atom is 0.0794 e. The van der Waals surface area contributed by atoms with Crippen molar-refractivity contribution in [2.45, 2.75) is 25.8 Å². The summed E-state index contributed by atoms with van der Waals surface area (Å²) in [6, 6.07) is 9.02. The van der Waals surface area contributed by atoms with Crippen LogP contribution in [0.4, 0.5) is 0 Å². The molecule has 96 valence electrons. The third kappa shape index (κ3) is 4.52. The fourth-order valence-corrected chi connectivity index (χ4v) is 2.71. The summed E-state index contributed by atoms with van der Waals surface area (Å²) in [5.74, 6) is 0. The Hall–Kier alpha value is -0.710. The molecular weight excluding hydrogens is 308 g/mol. The summed E-state index contributed by atoms with van der Waals surface area (Å²) in [5, 5.41) is 5.65. The van der Waals surface area contributed by atoms with Gasteiger partial charge in [-0.3, -0.25) is 0 Å². The van der Waals surface area contributed by atoms with E-state index in [1.54, 1.807) is 11.3 Å². The minimum absolute atomic E-state index is 0.491. The van der Waals surface area contributed by atoms with Crippen molar-refractivity contribution in [2.75, 3.05) is 6.54 Å². The number of hydrogen-bond donors (Lipinski definition) is 1. The molecule has 2 nitrogen and oxygen atoms in total. The molecule has 1 aromatic carbocycles. The number of aromatic nitrogens is 1. The van der Waals surface area contributed by atoms with E-state index in [-0.39, 0.29) is 0 Å². The van der Waals surface area contributed by atoms with Crippen LogP contribution in [0.25, 0.3) is 0 Å². The molecule has 0 radical (unpaired) electrons. The van der Waals surface area contributed by atoms with Crippen molar-refractivity contribution in [3.05, 3.63) is 50.9 Å². The molecular formula is C14H17BrN2S. The van der Waals surface area contributed by atoms with Crippen LogP contribution in [0.5, 0.6) is 0 Å². The summed E-state index contributed by atoms with van der Waals surface area (Å²) in [5.41, 5.74) is 4.44. The fourth-order valence-electron chi connectivity index (χ4n) is 1.85. The zero-order chi connectivity index (χ0) is 12.8. The minimum Gasteiger partial charge on any atom is -0.314 e. The van der Waals surface area contributed by atoms with E-state index >= 15 is 0 Å². The average molecular weight is 325 g/mol. The molecule has 0 aliphatic heterocycles. The van der Waals surface area contributed by atoms with E-state index in [0.29, 0.717) is 6.04 Å². The quantitative estimate of drug-likeness (QED) is 0.876. The first-order valence-electron chi connectivity index (χ1n) is 6.09. The van der Waals surface area contributed by atoms with Gasteiger partial charge in [-0.1, -0.05) is 28.1 Å². The van der Waals surface area contributed by atoms with Crippen LogP contribution < -0.4 is 5.32 Å². The minimum atomic E-state index is 0.491. The highest BCUT2D eigenvalue weighted by atomic mass is 79.9. The largest absolute Gasteiger partial charge is 0.314 e. The van der Waals surface area contributed by atoms with Crippen molar-refractivity contribution in [3.63, 3.8) is 0 Å². The molecule has 1 aromatic heterocycles. The summed E-state index contributed by atoms with van der Waals surface area (Å²) in [6.45, 7) is 3.21. The molecule has 1 heterocycles. The van der Waals surface area contributed by atoms with Crippen LogP contribution in [0.2, 0.25) is 0 Å². The summed E-state index contributed by atoms with van der Waals surface area (Å²) in [4.78, 5) is 4.28. The van der Waals surface area contributed by atoms with E-state index in [1.165, 1.54) is 11.3 Å². The SMILES string of the molecule is CC(Cc1ccc(Br)cc1)NCCc1cscn1. The molecule has 0 aliphatic carbocycles. The van der Waals surface area contributed by atoms with Gasteiger partial charge in [-0.2, -0.15) is 0 Å². The van der Waals surface area contributed by atoms with Gasteiger partial charge in [-0.05, 0) is 31.0 Å². The first-order chi connectivity index (χ1) is 8.74. The predicted octanol–water partition coefficient (Wildman–Crippen LogP) is 3.67. The predicted molar refractivity (Wildman–Crippen MR) is 81.1 cm³/mol. The zero-order valence-corrected chi connectivity index (χ0v) is 12.8. The lowest BCUT2D eigenvalue weighted by Gasteiger charge is -2.13. The standard InChI is InChI=1S/C14H17BrN2S/c1-11(8-12-2-4-13(15)5-3-12)16-7-6-14-9-18-10-17-14/h2-5,9-11,16H,6-8H2,1H3. The Morgan fingerprint density at radius 1 is 1.33 bits per heavy atom. The molecule has 1 unspecified atom stereocenters. The Kier molecular flexibility index (Phi) is 5.35. The van der Waals surface area contributed by atoms with Gasteiger partial charge in [0.05, 0.1) is 11.2 Å². The number of nitrogens with zero attached hydrogens (tertiary/aromatic N) is 1. The second-order valence-corrected chi connectivity index (χ2v) is 6.05. The summed E-state index contributed by atoms with van der Waals surface area (Å²) in [7, 11) is 0. The highest BCUT2D eigenvalue weighted by Gasteiger charge is 2.03. The van der Waals surface area contributed by atoms with Crippen LogP contribution in [0.3, 0.4) is 0 Å². The van der Waals surface area contributed by atoms with Crippen LogP contribution in [0.1, 0.15) is 18.2 Å². The Bertz CT molecular complexity index is 453. The first-order valence-corrected chi connectivity index (χ1v) is 7.82. The van der Waals surface area contributed by atoms with Crippen LogP contribution in [-0.4, -0.2) is 17.6 Å². The van der Waals surface area contributed by atoms with Gasteiger partial charge >= 0.3 is 0 Å². The van der Waals surface area contributed by atoms with Gasteiger partial charge in [0.25, 0.3) is 0 Å². The number of rotatable bonds is 6. The van der Waals surface area contributed by atoms with Crippen molar-refractivity contribution in [1.82, 2.24) is 10.3 Å². The number of benzene rings is 1. The lowest BCUT2D eigenvalue weighted by molar-refractivity contribution is 0.547. The second kappa shape index (κ2) is 7.02. The van der Waals surface area contributed by atoms with Gasteiger partial charge in [0, 0.05) is 28.9 Å². The lowest BCUT2D eigenvalue weighted by Crippen LogP contribution is -2.30. The van der Waals surface area contributed by atoms with Gasteiger partial charge in [0.15, 0.2) is 0 Å². The Morgan fingerprint density at radius 3 is 2.78 bits per heavy atom.